The molecule has 0 radical (unpaired) electrons. The fourth-order valence-electron chi connectivity index (χ4n) is 2.72. The van der Waals surface area contributed by atoms with Crippen LogP contribution in [0.4, 0.5) is 4.39 Å². The van der Waals surface area contributed by atoms with Crippen molar-refractivity contribution in [1.82, 2.24) is 10.2 Å². The third-order valence-electron chi connectivity index (χ3n) is 3.39. The second kappa shape index (κ2) is 3.30. The summed E-state index contributed by atoms with van der Waals surface area (Å²) < 4.78 is 11.9. The predicted octanol–water partition coefficient (Wildman–Crippen LogP) is 0.781. The summed E-state index contributed by atoms with van der Waals surface area (Å²) in [5.41, 5.74) is 0. The molecule has 2 fully saturated rings. The molecule has 70 valence electrons. The number of nitrogens with one attached hydrogen (secondary N) is 1. The van der Waals surface area contributed by atoms with Gasteiger partial charge in [0.2, 0.25) is 0 Å². The van der Waals surface area contributed by atoms with Crippen LogP contribution in [-0.2, 0) is 0 Å². The second-order valence-corrected chi connectivity index (χ2v) is 3.95. The summed E-state index contributed by atoms with van der Waals surface area (Å²) in [6.45, 7) is 0.291. The average molecular weight is 172 g/mol. The lowest BCUT2D eigenvalue weighted by Gasteiger charge is -2.22. The summed E-state index contributed by atoms with van der Waals surface area (Å²) in [6, 6.07) is 2.01. The molecule has 1 N–H and O–H groups in total. The van der Waals surface area contributed by atoms with Gasteiger partial charge in [-0.15, -0.1) is 0 Å². The molecule has 2 nitrogen and oxygen atoms in total. The highest BCUT2D eigenvalue weighted by Crippen LogP contribution is 2.35. The molecular weight excluding hydrogens is 155 g/mol. The van der Waals surface area contributed by atoms with Crippen LogP contribution in [0, 0.1) is 0 Å². The highest BCUT2D eigenvalue weighted by molar-refractivity contribution is 5.02. The van der Waals surface area contributed by atoms with E-state index in [0.29, 0.717) is 18.6 Å². The van der Waals surface area contributed by atoms with Gasteiger partial charge in [-0.1, -0.05) is 0 Å². The van der Waals surface area contributed by atoms with Gasteiger partial charge in [-0.05, 0) is 26.3 Å². The fourth-order valence-corrected chi connectivity index (χ4v) is 2.72. The normalized spacial score (nSPS) is 41.0. The van der Waals surface area contributed by atoms with Gasteiger partial charge in [-0.2, -0.15) is 0 Å². The van der Waals surface area contributed by atoms with E-state index in [9.17, 15) is 4.39 Å². The summed E-state index contributed by atoms with van der Waals surface area (Å²) >= 11 is 0. The first-order valence-corrected chi connectivity index (χ1v) is 4.84. The van der Waals surface area contributed by atoms with Crippen LogP contribution in [0.25, 0.3) is 0 Å². The molecule has 0 saturated carbocycles. The summed E-state index contributed by atoms with van der Waals surface area (Å²) in [7, 11) is 2.19. The van der Waals surface area contributed by atoms with Crippen LogP contribution in [-0.4, -0.2) is 43.3 Å². The van der Waals surface area contributed by atoms with Crippen molar-refractivity contribution in [3.05, 3.63) is 0 Å². The van der Waals surface area contributed by atoms with Crippen molar-refractivity contribution in [2.24, 2.45) is 0 Å². The van der Waals surface area contributed by atoms with Gasteiger partial charge in [0.15, 0.2) is 0 Å². The van der Waals surface area contributed by atoms with Crippen LogP contribution in [0.5, 0.6) is 0 Å². The maximum absolute atomic E-state index is 11.9. The van der Waals surface area contributed by atoms with E-state index in [0.717, 1.165) is 6.04 Å². The predicted molar refractivity (Wildman–Crippen MR) is 47.0 cm³/mol. The topological polar surface area (TPSA) is 15.3 Å². The van der Waals surface area contributed by atoms with Crippen molar-refractivity contribution in [3.8, 4) is 0 Å². The van der Waals surface area contributed by atoms with Crippen LogP contribution in [0.15, 0.2) is 0 Å². The SMILES string of the molecule is CN1[C@H]2CC[C@@H]1C(NCCF)C2. The molecule has 3 atom stereocenters. The number of likely N-dealkylation sites (N-methyl/N-ethyl adjacent to an activating group) is 1. The Morgan fingerprint density at radius 1 is 1.50 bits per heavy atom. The third kappa shape index (κ3) is 1.25. The van der Waals surface area contributed by atoms with E-state index < -0.39 is 0 Å². The maximum atomic E-state index is 11.9. The Kier molecular flexibility index (Phi) is 2.33. The molecule has 2 aliphatic rings. The number of alkyl halides is 1. The molecule has 0 spiro atoms. The smallest absolute Gasteiger partial charge is 0.102 e. The lowest BCUT2D eigenvalue weighted by molar-refractivity contribution is 0.294. The first kappa shape index (κ1) is 8.45. The van der Waals surface area contributed by atoms with E-state index in [4.69, 9.17) is 0 Å². The second-order valence-electron chi connectivity index (χ2n) is 3.95. The molecule has 2 rings (SSSR count). The molecule has 0 aromatic heterocycles. The fraction of sp³-hybridized carbons (Fsp3) is 1.00. The highest BCUT2D eigenvalue weighted by atomic mass is 19.1. The molecule has 0 aliphatic carbocycles. The Labute approximate surface area is 73.1 Å². The molecule has 0 aromatic carbocycles. The Morgan fingerprint density at radius 2 is 2.33 bits per heavy atom. The van der Waals surface area contributed by atoms with Crippen molar-refractivity contribution < 1.29 is 4.39 Å². The third-order valence-corrected chi connectivity index (χ3v) is 3.39. The van der Waals surface area contributed by atoms with E-state index in [1.165, 1.54) is 19.3 Å². The van der Waals surface area contributed by atoms with Gasteiger partial charge in [0.1, 0.15) is 6.67 Å². The molecule has 2 heterocycles. The summed E-state index contributed by atoms with van der Waals surface area (Å²) in [5.74, 6) is 0. The number of hydrogen-bond donors (Lipinski definition) is 1. The Bertz CT molecular complexity index is 163. The zero-order valence-electron chi connectivity index (χ0n) is 7.59. The largest absolute Gasteiger partial charge is 0.310 e. The molecule has 3 heteroatoms. The van der Waals surface area contributed by atoms with Crippen molar-refractivity contribution >= 4 is 0 Å². The van der Waals surface area contributed by atoms with E-state index in [2.05, 4.69) is 17.3 Å². The van der Waals surface area contributed by atoms with Gasteiger partial charge < -0.3 is 5.32 Å². The highest BCUT2D eigenvalue weighted by Gasteiger charge is 2.43. The minimum Gasteiger partial charge on any atom is -0.310 e. The Balaban J connectivity index is 1.87. The first-order valence-electron chi connectivity index (χ1n) is 4.84. The Hall–Kier alpha value is -0.150. The molecule has 0 amide bonds. The van der Waals surface area contributed by atoms with Crippen LogP contribution < -0.4 is 5.32 Å². The van der Waals surface area contributed by atoms with Gasteiger partial charge in [0.05, 0.1) is 0 Å². The van der Waals surface area contributed by atoms with Crippen molar-refractivity contribution in [2.75, 3.05) is 20.3 Å². The average Bonchev–Trinajstić information content (AvgIpc) is 2.58. The lowest BCUT2D eigenvalue weighted by Crippen LogP contribution is -2.40. The lowest BCUT2D eigenvalue weighted by atomic mass is 9.95. The molecule has 0 aromatic rings. The monoisotopic (exact) mass is 172 g/mol. The number of halogens is 1. The van der Waals surface area contributed by atoms with E-state index in [1.807, 2.05) is 0 Å². The number of rotatable bonds is 3. The molecule has 12 heavy (non-hydrogen) atoms. The summed E-state index contributed by atoms with van der Waals surface area (Å²) in [5, 5.41) is 3.28. The van der Waals surface area contributed by atoms with Crippen LogP contribution >= 0.6 is 0 Å². The minimum absolute atomic E-state index is 0.238. The van der Waals surface area contributed by atoms with Crippen molar-refractivity contribution in [1.29, 1.82) is 0 Å². The molecule has 2 aliphatic heterocycles. The van der Waals surface area contributed by atoms with Crippen molar-refractivity contribution in [3.63, 3.8) is 0 Å². The van der Waals surface area contributed by atoms with Gasteiger partial charge in [-0.25, -0.2) is 4.39 Å². The molecule has 2 saturated heterocycles. The van der Waals surface area contributed by atoms with Gasteiger partial charge >= 0.3 is 0 Å². The molecular formula is C9H17FN2. The Morgan fingerprint density at radius 3 is 2.83 bits per heavy atom. The van der Waals surface area contributed by atoms with E-state index in [-0.39, 0.29) is 6.67 Å². The minimum atomic E-state index is -0.238. The molecule has 2 bridgehead atoms. The number of nitrogens with zero attached hydrogens (tertiary/aromatic N) is 1. The zero-order valence-corrected chi connectivity index (χ0v) is 7.59. The quantitative estimate of drug-likeness (QED) is 0.677. The van der Waals surface area contributed by atoms with Crippen LogP contribution in [0.3, 0.4) is 0 Å². The molecule has 1 unspecified atom stereocenters. The van der Waals surface area contributed by atoms with Gasteiger partial charge in [0, 0.05) is 24.7 Å². The maximum Gasteiger partial charge on any atom is 0.102 e. The first-order chi connectivity index (χ1) is 5.83. The number of hydrogen-bond acceptors (Lipinski definition) is 2. The van der Waals surface area contributed by atoms with Crippen LogP contribution in [0.2, 0.25) is 0 Å². The zero-order chi connectivity index (χ0) is 8.55. The standard InChI is InChI=1S/C9H17FN2/c1-12-7-2-3-9(12)8(6-7)11-5-4-10/h7-9,11H,2-6H2,1H3/t7-,8?,9+/m0/s1. The van der Waals surface area contributed by atoms with Gasteiger partial charge in [-0.3, -0.25) is 4.90 Å². The summed E-state index contributed by atoms with van der Waals surface area (Å²) in [4.78, 5) is 2.45. The van der Waals surface area contributed by atoms with Crippen LogP contribution in [0.1, 0.15) is 19.3 Å². The summed E-state index contributed by atoms with van der Waals surface area (Å²) in [6.07, 6.45) is 3.86. The van der Waals surface area contributed by atoms with E-state index in [1.54, 1.807) is 0 Å². The van der Waals surface area contributed by atoms with Gasteiger partial charge in [0.25, 0.3) is 0 Å². The van der Waals surface area contributed by atoms with Crippen molar-refractivity contribution in [2.45, 2.75) is 37.4 Å². The number of fused-ring (bicyclic) bond motifs is 2. The van der Waals surface area contributed by atoms with E-state index >= 15 is 0 Å².